The van der Waals surface area contributed by atoms with Crippen molar-refractivity contribution in [1.29, 1.82) is 0 Å². The van der Waals surface area contributed by atoms with E-state index in [0.717, 1.165) is 42.5 Å². The van der Waals surface area contributed by atoms with E-state index >= 15 is 0 Å². The fourth-order valence-corrected chi connectivity index (χ4v) is 4.15. The first-order valence-corrected chi connectivity index (χ1v) is 8.81. The molecule has 0 saturated heterocycles. The topological polar surface area (TPSA) is 37.8 Å². The third-order valence-corrected chi connectivity index (χ3v) is 5.27. The van der Waals surface area contributed by atoms with E-state index < -0.39 is 0 Å². The summed E-state index contributed by atoms with van der Waals surface area (Å²) in [6.45, 7) is 3.17. The fourth-order valence-electron chi connectivity index (χ4n) is 3.10. The molecule has 108 valence electrons. The van der Waals surface area contributed by atoms with Crippen LogP contribution in [0.15, 0.2) is 24.3 Å². The Morgan fingerprint density at radius 2 is 2.14 bits per heavy atom. The molecular formula is C17H19N3S. The van der Waals surface area contributed by atoms with Crippen LogP contribution >= 0.6 is 11.8 Å². The van der Waals surface area contributed by atoms with Crippen molar-refractivity contribution in [3.05, 3.63) is 52.5 Å². The zero-order chi connectivity index (χ0) is 14.2. The zero-order valence-electron chi connectivity index (χ0n) is 12.2. The average molecular weight is 297 g/mol. The molecule has 4 rings (SSSR count). The molecule has 0 bridgehead atoms. The molecule has 1 aromatic carbocycles. The fraction of sp³-hybridized carbons (Fsp3) is 0.412. The monoisotopic (exact) mass is 297 g/mol. The quantitative estimate of drug-likeness (QED) is 0.933. The van der Waals surface area contributed by atoms with E-state index in [1.807, 2.05) is 11.8 Å². The molecule has 2 aromatic rings. The minimum Gasteiger partial charge on any atom is -0.370 e. The second-order valence-corrected chi connectivity index (χ2v) is 6.72. The number of nitrogens with one attached hydrogen (secondary N) is 1. The van der Waals surface area contributed by atoms with Gasteiger partial charge in [-0.05, 0) is 24.0 Å². The summed E-state index contributed by atoms with van der Waals surface area (Å²) in [6.07, 6.45) is 2.20. The molecule has 2 aliphatic rings. The lowest BCUT2D eigenvalue weighted by Gasteiger charge is -2.29. The third-order valence-electron chi connectivity index (χ3n) is 4.30. The molecule has 1 aromatic heterocycles. The van der Waals surface area contributed by atoms with Gasteiger partial charge in [-0.2, -0.15) is 11.8 Å². The number of anilines is 1. The first-order valence-electron chi connectivity index (χ1n) is 7.66. The first-order chi connectivity index (χ1) is 10.4. The van der Waals surface area contributed by atoms with E-state index in [1.165, 1.54) is 22.4 Å². The second-order valence-electron chi connectivity index (χ2n) is 5.73. The van der Waals surface area contributed by atoms with Gasteiger partial charge in [-0.1, -0.05) is 31.2 Å². The van der Waals surface area contributed by atoms with E-state index in [1.54, 1.807) is 0 Å². The maximum Gasteiger partial charge on any atom is 0.138 e. The highest BCUT2D eigenvalue weighted by Crippen LogP contribution is 2.41. The average Bonchev–Trinajstić information content (AvgIpc) is 2.94. The highest BCUT2D eigenvalue weighted by atomic mass is 32.2. The van der Waals surface area contributed by atoms with Crippen LogP contribution < -0.4 is 5.32 Å². The molecule has 0 amide bonds. The predicted molar refractivity (Wildman–Crippen MR) is 87.8 cm³/mol. The van der Waals surface area contributed by atoms with Gasteiger partial charge in [0.1, 0.15) is 11.6 Å². The first kappa shape index (κ1) is 13.1. The van der Waals surface area contributed by atoms with Gasteiger partial charge in [0.2, 0.25) is 0 Å². The summed E-state index contributed by atoms with van der Waals surface area (Å²) in [4.78, 5) is 9.74. The van der Waals surface area contributed by atoms with E-state index in [2.05, 4.69) is 36.5 Å². The standard InChI is InChI=1S/C17H19N3S/c1-2-7-18-16-14-9-21-10-15(14)19-17(20-16)13-8-11-5-3-4-6-12(11)13/h3-6,13H,2,7-10H2,1H3,(H,18,19,20). The Morgan fingerprint density at radius 3 is 3.00 bits per heavy atom. The lowest BCUT2D eigenvalue weighted by Crippen LogP contribution is -2.22. The summed E-state index contributed by atoms with van der Waals surface area (Å²) >= 11 is 1.94. The highest BCUT2D eigenvalue weighted by molar-refractivity contribution is 7.98. The number of aromatic nitrogens is 2. The van der Waals surface area contributed by atoms with Gasteiger partial charge in [0.15, 0.2) is 0 Å². The third kappa shape index (κ3) is 2.22. The van der Waals surface area contributed by atoms with Crippen LogP contribution in [0.5, 0.6) is 0 Å². The van der Waals surface area contributed by atoms with Crippen LogP contribution in [0.1, 0.15) is 47.5 Å². The molecular weight excluding hydrogens is 278 g/mol. The van der Waals surface area contributed by atoms with E-state index in [4.69, 9.17) is 9.97 Å². The van der Waals surface area contributed by atoms with Crippen LogP contribution in [-0.2, 0) is 17.9 Å². The maximum atomic E-state index is 4.87. The van der Waals surface area contributed by atoms with Crippen molar-refractivity contribution in [3.8, 4) is 0 Å². The summed E-state index contributed by atoms with van der Waals surface area (Å²) in [7, 11) is 0. The van der Waals surface area contributed by atoms with E-state index in [0.29, 0.717) is 5.92 Å². The number of nitrogens with zero attached hydrogens (tertiary/aromatic N) is 2. The number of rotatable bonds is 4. The molecule has 2 heterocycles. The number of benzene rings is 1. The molecule has 1 N–H and O–H groups in total. The Morgan fingerprint density at radius 1 is 1.24 bits per heavy atom. The molecule has 0 saturated carbocycles. The van der Waals surface area contributed by atoms with Crippen molar-refractivity contribution >= 4 is 17.6 Å². The van der Waals surface area contributed by atoms with Crippen molar-refractivity contribution in [2.75, 3.05) is 11.9 Å². The van der Waals surface area contributed by atoms with Gasteiger partial charge in [0.05, 0.1) is 5.69 Å². The molecule has 0 fully saturated rings. The summed E-state index contributed by atoms with van der Waals surface area (Å²) in [5.74, 6) is 4.54. The number of hydrogen-bond acceptors (Lipinski definition) is 4. The summed E-state index contributed by atoms with van der Waals surface area (Å²) < 4.78 is 0. The number of thioether (sulfide) groups is 1. The largest absolute Gasteiger partial charge is 0.370 e. The Kier molecular flexibility index (Phi) is 3.34. The van der Waals surface area contributed by atoms with Crippen molar-refractivity contribution in [1.82, 2.24) is 9.97 Å². The Balaban J connectivity index is 1.71. The Labute approximate surface area is 129 Å². The van der Waals surface area contributed by atoms with Gasteiger partial charge in [0.25, 0.3) is 0 Å². The normalized spacial score (nSPS) is 18.8. The molecule has 0 spiro atoms. The van der Waals surface area contributed by atoms with Crippen molar-refractivity contribution < 1.29 is 0 Å². The van der Waals surface area contributed by atoms with Crippen LogP contribution in [0.2, 0.25) is 0 Å². The molecule has 4 heteroatoms. The molecule has 1 aliphatic carbocycles. The molecule has 0 radical (unpaired) electrons. The second kappa shape index (κ2) is 5.34. The highest BCUT2D eigenvalue weighted by Gasteiger charge is 2.31. The van der Waals surface area contributed by atoms with Gasteiger partial charge < -0.3 is 5.32 Å². The SMILES string of the molecule is CCCNc1nc(C2Cc3ccccc32)nc2c1CSC2. The van der Waals surface area contributed by atoms with Crippen LogP contribution in [0.25, 0.3) is 0 Å². The number of fused-ring (bicyclic) bond motifs is 2. The van der Waals surface area contributed by atoms with Crippen LogP contribution in [-0.4, -0.2) is 16.5 Å². The summed E-state index contributed by atoms with van der Waals surface area (Å²) in [6, 6.07) is 8.66. The molecule has 21 heavy (non-hydrogen) atoms. The Bertz CT molecular complexity index is 684. The maximum absolute atomic E-state index is 4.87. The van der Waals surface area contributed by atoms with Crippen molar-refractivity contribution in [2.45, 2.75) is 37.2 Å². The minimum absolute atomic E-state index is 0.388. The van der Waals surface area contributed by atoms with Crippen molar-refractivity contribution in [3.63, 3.8) is 0 Å². The number of hydrogen-bond donors (Lipinski definition) is 1. The van der Waals surface area contributed by atoms with Gasteiger partial charge in [-0.15, -0.1) is 0 Å². The molecule has 1 unspecified atom stereocenters. The van der Waals surface area contributed by atoms with Crippen LogP contribution in [0, 0.1) is 0 Å². The van der Waals surface area contributed by atoms with Gasteiger partial charge in [0, 0.05) is 29.5 Å². The van der Waals surface area contributed by atoms with Crippen LogP contribution in [0.3, 0.4) is 0 Å². The van der Waals surface area contributed by atoms with Crippen molar-refractivity contribution in [2.24, 2.45) is 0 Å². The van der Waals surface area contributed by atoms with Crippen LogP contribution in [0.4, 0.5) is 5.82 Å². The van der Waals surface area contributed by atoms with Gasteiger partial charge in [-0.25, -0.2) is 9.97 Å². The van der Waals surface area contributed by atoms with E-state index in [9.17, 15) is 0 Å². The lowest BCUT2D eigenvalue weighted by molar-refractivity contribution is 0.655. The Hall–Kier alpha value is -1.55. The molecule has 3 nitrogen and oxygen atoms in total. The lowest BCUT2D eigenvalue weighted by atomic mass is 9.77. The summed E-state index contributed by atoms with van der Waals surface area (Å²) in [5, 5.41) is 3.50. The smallest absolute Gasteiger partial charge is 0.138 e. The molecule has 1 atom stereocenters. The van der Waals surface area contributed by atoms with Gasteiger partial charge in [-0.3, -0.25) is 0 Å². The van der Waals surface area contributed by atoms with E-state index in [-0.39, 0.29) is 0 Å². The van der Waals surface area contributed by atoms with Gasteiger partial charge >= 0.3 is 0 Å². The summed E-state index contributed by atoms with van der Waals surface area (Å²) in [5.41, 5.74) is 5.42. The predicted octanol–water partition coefficient (Wildman–Crippen LogP) is 3.73. The zero-order valence-corrected chi connectivity index (χ0v) is 13.0. The minimum atomic E-state index is 0.388. The molecule has 1 aliphatic heterocycles.